The third kappa shape index (κ3) is 2.29. The predicted molar refractivity (Wildman–Crippen MR) is 87.8 cm³/mol. The average Bonchev–Trinajstić information content (AvgIpc) is 3.07. The average molecular weight is 322 g/mol. The number of para-hydroxylation sites is 1. The lowest BCUT2D eigenvalue weighted by atomic mass is 10.1. The summed E-state index contributed by atoms with van der Waals surface area (Å²) in [4.78, 5) is 22.4. The van der Waals surface area contributed by atoms with Crippen LogP contribution < -0.4 is 0 Å². The highest BCUT2D eigenvalue weighted by Gasteiger charge is 2.34. The Morgan fingerprint density at radius 1 is 1.21 bits per heavy atom. The lowest BCUT2D eigenvalue weighted by Crippen LogP contribution is -2.28. The minimum absolute atomic E-state index is 0.0413. The molecule has 1 aromatic carbocycles. The number of hydrogen-bond donors (Lipinski definition) is 1. The van der Waals surface area contributed by atoms with Crippen molar-refractivity contribution in [2.45, 2.75) is 31.1 Å². The van der Waals surface area contributed by atoms with Crippen LogP contribution in [-0.4, -0.2) is 39.0 Å². The number of aromatic nitrogens is 3. The Hall–Kier alpha value is -2.63. The van der Waals surface area contributed by atoms with Crippen LogP contribution in [0.2, 0.25) is 0 Å². The second kappa shape index (κ2) is 5.19. The SMILES string of the molecule is O=C(c1cc2ccccc2[nH]1)N1CCC(c2noc(C3CC3)n2)C1. The number of rotatable bonds is 3. The molecule has 2 aliphatic rings. The van der Waals surface area contributed by atoms with E-state index in [0.29, 0.717) is 18.2 Å². The molecule has 3 heterocycles. The monoisotopic (exact) mass is 322 g/mol. The van der Waals surface area contributed by atoms with Crippen molar-refractivity contribution in [1.29, 1.82) is 0 Å². The number of amides is 1. The van der Waals surface area contributed by atoms with Gasteiger partial charge in [-0.15, -0.1) is 0 Å². The van der Waals surface area contributed by atoms with Crippen LogP contribution in [-0.2, 0) is 0 Å². The molecule has 6 heteroatoms. The maximum absolute atomic E-state index is 12.7. The van der Waals surface area contributed by atoms with Crippen LogP contribution in [0.3, 0.4) is 0 Å². The quantitative estimate of drug-likeness (QED) is 0.804. The summed E-state index contributed by atoms with van der Waals surface area (Å²) in [5.41, 5.74) is 1.63. The molecule has 2 aromatic heterocycles. The summed E-state index contributed by atoms with van der Waals surface area (Å²) in [6.45, 7) is 1.38. The molecule has 3 aromatic rings. The topological polar surface area (TPSA) is 75.0 Å². The number of nitrogens with zero attached hydrogens (tertiary/aromatic N) is 3. The molecule has 122 valence electrons. The van der Waals surface area contributed by atoms with Crippen LogP contribution >= 0.6 is 0 Å². The molecule has 1 aliphatic heterocycles. The Morgan fingerprint density at radius 3 is 2.92 bits per heavy atom. The Morgan fingerprint density at radius 2 is 2.08 bits per heavy atom. The highest BCUT2D eigenvalue weighted by Crippen LogP contribution is 2.39. The minimum atomic E-state index is 0.0413. The lowest BCUT2D eigenvalue weighted by Gasteiger charge is -2.14. The van der Waals surface area contributed by atoms with E-state index < -0.39 is 0 Å². The fourth-order valence-electron chi connectivity index (χ4n) is 3.42. The molecule has 1 amide bonds. The largest absolute Gasteiger partial charge is 0.351 e. The van der Waals surface area contributed by atoms with Gasteiger partial charge in [0.2, 0.25) is 5.89 Å². The standard InChI is InChI=1S/C18H18N4O2/c23-18(15-9-12-3-1-2-4-14(12)19-15)22-8-7-13(10-22)16-20-17(24-21-16)11-5-6-11/h1-4,9,11,13,19H,5-8,10H2. The van der Waals surface area contributed by atoms with Crippen molar-refractivity contribution in [3.63, 3.8) is 0 Å². The zero-order chi connectivity index (χ0) is 16.1. The molecule has 1 atom stereocenters. The first-order chi connectivity index (χ1) is 11.8. The Balaban J connectivity index is 1.33. The van der Waals surface area contributed by atoms with E-state index in [2.05, 4.69) is 15.1 Å². The van der Waals surface area contributed by atoms with Crippen LogP contribution in [0.5, 0.6) is 0 Å². The fraction of sp³-hybridized carbons (Fsp3) is 0.389. The predicted octanol–water partition coefficient (Wildman–Crippen LogP) is 3.06. The van der Waals surface area contributed by atoms with E-state index in [0.717, 1.165) is 48.4 Å². The first kappa shape index (κ1) is 13.8. The molecule has 1 saturated carbocycles. The third-order valence-corrected chi connectivity index (χ3v) is 4.99. The zero-order valence-corrected chi connectivity index (χ0v) is 13.2. The number of carbonyl (C=O) groups is 1. The van der Waals surface area contributed by atoms with Crippen LogP contribution in [0, 0.1) is 0 Å². The summed E-state index contributed by atoms with van der Waals surface area (Å²) in [7, 11) is 0. The molecule has 1 aliphatic carbocycles. The van der Waals surface area contributed by atoms with E-state index >= 15 is 0 Å². The van der Waals surface area contributed by atoms with Gasteiger partial charge in [0.1, 0.15) is 5.69 Å². The van der Waals surface area contributed by atoms with Crippen molar-refractivity contribution in [1.82, 2.24) is 20.0 Å². The van der Waals surface area contributed by atoms with Gasteiger partial charge < -0.3 is 14.4 Å². The molecule has 0 bridgehead atoms. The van der Waals surface area contributed by atoms with E-state index in [4.69, 9.17) is 4.52 Å². The maximum Gasteiger partial charge on any atom is 0.270 e. The molecule has 1 unspecified atom stereocenters. The van der Waals surface area contributed by atoms with Gasteiger partial charge in [-0.1, -0.05) is 23.4 Å². The number of carbonyl (C=O) groups excluding carboxylic acids is 1. The molecular weight excluding hydrogens is 304 g/mol. The summed E-state index contributed by atoms with van der Waals surface area (Å²) >= 11 is 0. The third-order valence-electron chi connectivity index (χ3n) is 4.99. The number of benzene rings is 1. The highest BCUT2D eigenvalue weighted by atomic mass is 16.5. The molecule has 6 nitrogen and oxygen atoms in total. The first-order valence-corrected chi connectivity index (χ1v) is 8.48. The van der Waals surface area contributed by atoms with E-state index in [9.17, 15) is 4.79 Å². The summed E-state index contributed by atoms with van der Waals surface area (Å²) in [6, 6.07) is 9.85. The second-order valence-electron chi connectivity index (χ2n) is 6.77. The molecule has 5 rings (SSSR count). The molecule has 0 spiro atoms. The van der Waals surface area contributed by atoms with Crippen molar-refractivity contribution >= 4 is 16.8 Å². The number of likely N-dealkylation sites (tertiary alicyclic amines) is 1. The van der Waals surface area contributed by atoms with Gasteiger partial charge in [0, 0.05) is 35.8 Å². The van der Waals surface area contributed by atoms with E-state index in [1.54, 1.807) is 0 Å². The molecule has 1 saturated heterocycles. The van der Waals surface area contributed by atoms with E-state index in [1.165, 1.54) is 0 Å². The van der Waals surface area contributed by atoms with Gasteiger partial charge in [-0.25, -0.2) is 0 Å². The van der Waals surface area contributed by atoms with E-state index in [-0.39, 0.29) is 11.8 Å². The molecule has 0 radical (unpaired) electrons. The number of nitrogens with one attached hydrogen (secondary N) is 1. The van der Waals surface area contributed by atoms with Gasteiger partial charge in [-0.05, 0) is 31.4 Å². The first-order valence-electron chi connectivity index (χ1n) is 8.48. The van der Waals surface area contributed by atoms with Crippen molar-refractivity contribution in [2.24, 2.45) is 0 Å². The van der Waals surface area contributed by atoms with Crippen LogP contribution in [0.25, 0.3) is 10.9 Å². The van der Waals surface area contributed by atoms with Crippen molar-refractivity contribution in [2.75, 3.05) is 13.1 Å². The summed E-state index contributed by atoms with van der Waals surface area (Å²) in [6.07, 6.45) is 3.18. The number of hydrogen-bond acceptors (Lipinski definition) is 4. The van der Waals surface area contributed by atoms with Crippen molar-refractivity contribution in [3.8, 4) is 0 Å². The second-order valence-corrected chi connectivity index (χ2v) is 6.77. The summed E-state index contributed by atoms with van der Waals surface area (Å²) < 4.78 is 5.35. The molecule has 24 heavy (non-hydrogen) atoms. The van der Waals surface area contributed by atoms with Crippen LogP contribution in [0.4, 0.5) is 0 Å². The zero-order valence-electron chi connectivity index (χ0n) is 13.2. The van der Waals surface area contributed by atoms with Crippen LogP contribution in [0.1, 0.15) is 53.3 Å². The normalized spacial score (nSPS) is 20.8. The Kier molecular flexibility index (Phi) is 2.98. The maximum atomic E-state index is 12.7. The van der Waals surface area contributed by atoms with Crippen molar-refractivity contribution < 1.29 is 9.32 Å². The van der Waals surface area contributed by atoms with Gasteiger partial charge >= 0.3 is 0 Å². The van der Waals surface area contributed by atoms with Gasteiger partial charge in [0.25, 0.3) is 5.91 Å². The summed E-state index contributed by atoms with van der Waals surface area (Å²) in [5, 5.41) is 5.19. The molecular formula is C18H18N4O2. The lowest BCUT2D eigenvalue weighted by molar-refractivity contribution is 0.0785. The number of fused-ring (bicyclic) bond motifs is 1. The Labute approximate surface area is 138 Å². The number of aromatic amines is 1. The van der Waals surface area contributed by atoms with Gasteiger partial charge in [-0.2, -0.15) is 4.98 Å². The molecule has 2 fully saturated rings. The van der Waals surface area contributed by atoms with Gasteiger partial charge in [0.15, 0.2) is 5.82 Å². The number of H-pyrrole nitrogens is 1. The van der Waals surface area contributed by atoms with Crippen LogP contribution in [0.15, 0.2) is 34.9 Å². The smallest absolute Gasteiger partial charge is 0.270 e. The van der Waals surface area contributed by atoms with Gasteiger partial charge in [-0.3, -0.25) is 4.79 Å². The van der Waals surface area contributed by atoms with Gasteiger partial charge in [0.05, 0.1) is 0 Å². The molecule has 1 N–H and O–H groups in total. The van der Waals surface area contributed by atoms with E-state index in [1.807, 2.05) is 35.2 Å². The summed E-state index contributed by atoms with van der Waals surface area (Å²) in [5.74, 6) is 2.21. The fourth-order valence-corrected chi connectivity index (χ4v) is 3.42. The minimum Gasteiger partial charge on any atom is -0.351 e. The van der Waals surface area contributed by atoms with Crippen molar-refractivity contribution in [3.05, 3.63) is 47.7 Å². The highest BCUT2D eigenvalue weighted by molar-refractivity contribution is 5.98. The Bertz CT molecular complexity index is 876.